The van der Waals surface area contributed by atoms with Crippen LogP contribution in [0.15, 0.2) is 47.5 Å². The second kappa shape index (κ2) is 13.8. The van der Waals surface area contributed by atoms with E-state index in [4.69, 9.17) is 4.74 Å². The van der Waals surface area contributed by atoms with Crippen molar-refractivity contribution in [3.63, 3.8) is 0 Å². The zero-order chi connectivity index (χ0) is 24.1. The van der Waals surface area contributed by atoms with Crippen molar-refractivity contribution in [2.75, 3.05) is 6.54 Å². The maximum atomic E-state index is 12.6. The number of carbonyl (C=O) groups is 2. The summed E-state index contributed by atoms with van der Waals surface area (Å²) in [5.41, 5.74) is -0.168. The van der Waals surface area contributed by atoms with Crippen LogP contribution in [0.3, 0.4) is 0 Å². The van der Waals surface area contributed by atoms with Crippen LogP contribution in [-0.2, 0) is 0 Å². The number of aromatic carboxylic acids is 1. The zero-order valence-corrected chi connectivity index (χ0v) is 18.9. The number of nitro benzene ring substituents is 1. The standard InChI is InChI=1S/C25H30N2O6/c1-2-3-4-5-6-7-8-11-16-26-18-19-17-20(27(31)32)14-15-23(19)33-25(30)22-13-10-9-12-21(22)24(28)29/h9-10,12-15,17-18H,2-8,11,16H2,1H3,(H,28,29). The monoisotopic (exact) mass is 454 g/mol. The predicted octanol–water partition coefficient (Wildman–Crippen LogP) is 6.07. The van der Waals surface area contributed by atoms with Gasteiger partial charge in [-0.05, 0) is 24.6 Å². The first-order chi connectivity index (χ1) is 15.9. The van der Waals surface area contributed by atoms with Crippen LogP contribution in [0.4, 0.5) is 5.69 Å². The smallest absolute Gasteiger partial charge is 0.344 e. The number of hydrogen-bond acceptors (Lipinski definition) is 6. The number of carboxylic acids is 1. The van der Waals surface area contributed by atoms with Gasteiger partial charge in [-0.25, -0.2) is 9.59 Å². The quantitative estimate of drug-likeness (QED) is 0.0923. The number of unbranched alkanes of at least 4 members (excludes halogenated alkanes) is 7. The van der Waals surface area contributed by atoms with Crippen LogP contribution in [0.1, 0.15) is 84.6 Å². The van der Waals surface area contributed by atoms with Gasteiger partial charge in [0.05, 0.1) is 16.1 Å². The second-order valence-corrected chi connectivity index (χ2v) is 7.73. The molecule has 8 nitrogen and oxygen atoms in total. The molecule has 0 unspecified atom stereocenters. The van der Waals surface area contributed by atoms with E-state index in [1.54, 1.807) is 0 Å². The van der Waals surface area contributed by atoms with Crippen LogP contribution in [0, 0.1) is 10.1 Å². The van der Waals surface area contributed by atoms with E-state index in [0.717, 1.165) is 19.3 Å². The SMILES string of the molecule is CCCCCCCCCCN=Cc1cc([N+](=O)[O-])ccc1OC(=O)c1ccccc1C(=O)O. The molecule has 0 aromatic heterocycles. The molecular weight excluding hydrogens is 424 g/mol. The molecule has 0 heterocycles. The molecule has 0 fully saturated rings. The summed E-state index contributed by atoms with van der Waals surface area (Å²) >= 11 is 0. The average molecular weight is 455 g/mol. The Morgan fingerprint density at radius 3 is 2.27 bits per heavy atom. The summed E-state index contributed by atoms with van der Waals surface area (Å²) in [7, 11) is 0. The largest absolute Gasteiger partial charge is 0.478 e. The molecule has 0 aliphatic carbocycles. The maximum absolute atomic E-state index is 12.6. The Morgan fingerprint density at radius 2 is 1.64 bits per heavy atom. The molecule has 2 aromatic carbocycles. The Hall–Kier alpha value is -3.55. The summed E-state index contributed by atoms with van der Waals surface area (Å²) in [5, 5.41) is 20.4. The number of ether oxygens (including phenoxy) is 1. The fraction of sp³-hybridized carbons (Fsp3) is 0.400. The van der Waals surface area contributed by atoms with E-state index in [9.17, 15) is 24.8 Å². The Kier molecular flexibility index (Phi) is 10.7. The minimum atomic E-state index is -1.25. The van der Waals surface area contributed by atoms with Gasteiger partial charge in [-0.1, -0.05) is 64.0 Å². The maximum Gasteiger partial charge on any atom is 0.344 e. The van der Waals surface area contributed by atoms with Gasteiger partial charge in [-0.15, -0.1) is 0 Å². The summed E-state index contributed by atoms with van der Waals surface area (Å²) in [5.74, 6) is -2.04. The van der Waals surface area contributed by atoms with Crippen LogP contribution in [0.5, 0.6) is 5.75 Å². The topological polar surface area (TPSA) is 119 Å². The molecule has 2 aromatic rings. The third kappa shape index (κ3) is 8.48. The molecule has 8 heteroatoms. The summed E-state index contributed by atoms with van der Waals surface area (Å²) in [6.45, 7) is 2.76. The third-order valence-electron chi connectivity index (χ3n) is 5.16. The lowest BCUT2D eigenvalue weighted by atomic mass is 10.1. The Bertz CT molecular complexity index is 987. The first-order valence-corrected chi connectivity index (χ1v) is 11.3. The summed E-state index contributed by atoms with van der Waals surface area (Å²) in [4.78, 5) is 38.9. The van der Waals surface area contributed by atoms with E-state index in [-0.39, 0.29) is 28.1 Å². The molecule has 176 valence electrons. The number of carboxylic acid groups (broad SMARTS) is 1. The number of aliphatic imine (C=N–C) groups is 1. The molecule has 33 heavy (non-hydrogen) atoms. The van der Waals surface area contributed by atoms with Gasteiger partial charge in [0, 0.05) is 30.5 Å². The molecule has 0 aliphatic rings. The van der Waals surface area contributed by atoms with Crippen molar-refractivity contribution in [3.05, 3.63) is 69.3 Å². The average Bonchev–Trinajstić information content (AvgIpc) is 2.80. The number of non-ortho nitro benzene ring substituents is 1. The van der Waals surface area contributed by atoms with Gasteiger partial charge in [-0.3, -0.25) is 15.1 Å². The molecule has 0 amide bonds. The first-order valence-electron chi connectivity index (χ1n) is 11.3. The Balaban J connectivity index is 2.03. The number of nitro groups is 1. The molecule has 0 saturated carbocycles. The van der Waals surface area contributed by atoms with Crippen LogP contribution >= 0.6 is 0 Å². The fourth-order valence-electron chi connectivity index (χ4n) is 3.35. The van der Waals surface area contributed by atoms with Crippen molar-refractivity contribution in [2.24, 2.45) is 4.99 Å². The van der Waals surface area contributed by atoms with Crippen molar-refractivity contribution < 1.29 is 24.4 Å². The van der Waals surface area contributed by atoms with E-state index >= 15 is 0 Å². The van der Waals surface area contributed by atoms with Crippen LogP contribution in [-0.4, -0.2) is 34.7 Å². The van der Waals surface area contributed by atoms with E-state index in [1.165, 1.54) is 80.8 Å². The van der Waals surface area contributed by atoms with Gasteiger partial charge in [0.15, 0.2) is 0 Å². The minimum Gasteiger partial charge on any atom is -0.478 e. The first kappa shape index (κ1) is 25.7. The Morgan fingerprint density at radius 1 is 1.00 bits per heavy atom. The fourth-order valence-corrected chi connectivity index (χ4v) is 3.35. The minimum absolute atomic E-state index is 0.0745. The van der Waals surface area contributed by atoms with E-state index in [0.29, 0.717) is 6.54 Å². The van der Waals surface area contributed by atoms with E-state index < -0.39 is 16.9 Å². The van der Waals surface area contributed by atoms with Gasteiger partial charge < -0.3 is 9.84 Å². The van der Waals surface area contributed by atoms with Crippen molar-refractivity contribution in [3.8, 4) is 5.75 Å². The molecular formula is C25H30N2O6. The van der Waals surface area contributed by atoms with Crippen molar-refractivity contribution in [1.29, 1.82) is 0 Å². The van der Waals surface area contributed by atoms with Crippen molar-refractivity contribution in [1.82, 2.24) is 0 Å². The van der Waals surface area contributed by atoms with Crippen LogP contribution in [0.2, 0.25) is 0 Å². The highest BCUT2D eigenvalue weighted by Crippen LogP contribution is 2.24. The highest BCUT2D eigenvalue weighted by Gasteiger charge is 2.19. The number of esters is 1. The molecule has 0 aliphatic heterocycles. The molecule has 0 radical (unpaired) electrons. The third-order valence-corrected chi connectivity index (χ3v) is 5.16. The summed E-state index contributed by atoms with van der Waals surface area (Å²) in [6, 6.07) is 9.52. The van der Waals surface area contributed by atoms with Crippen LogP contribution in [0.25, 0.3) is 0 Å². The van der Waals surface area contributed by atoms with Crippen molar-refractivity contribution >= 4 is 23.8 Å². The molecule has 0 atom stereocenters. The van der Waals surface area contributed by atoms with Crippen molar-refractivity contribution in [2.45, 2.75) is 58.3 Å². The molecule has 0 bridgehead atoms. The normalized spacial score (nSPS) is 10.9. The Labute approximate surface area is 193 Å². The van der Waals surface area contributed by atoms with E-state index in [2.05, 4.69) is 11.9 Å². The van der Waals surface area contributed by atoms with Gasteiger partial charge in [0.25, 0.3) is 5.69 Å². The van der Waals surface area contributed by atoms with Gasteiger partial charge >= 0.3 is 11.9 Å². The number of nitrogens with zero attached hydrogens (tertiary/aromatic N) is 2. The second-order valence-electron chi connectivity index (χ2n) is 7.73. The number of hydrogen-bond donors (Lipinski definition) is 1. The highest BCUT2D eigenvalue weighted by atomic mass is 16.6. The number of carbonyl (C=O) groups excluding carboxylic acids is 1. The molecule has 1 N–H and O–H groups in total. The lowest BCUT2D eigenvalue weighted by Gasteiger charge is -2.09. The van der Waals surface area contributed by atoms with Gasteiger partial charge in [0.2, 0.25) is 0 Å². The summed E-state index contributed by atoms with van der Waals surface area (Å²) < 4.78 is 5.38. The van der Waals surface area contributed by atoms with Gasteiger partial charge in [0.1, 0.15) is 5.75 Å². The predicted molar refractivity (Wildman–Crippen MR) is 127 cm³/mol. The summed E-state index contributed by atoms with van der Waals surface area (Å²) in [6.07, 6.45) is 10.8. The molecule has 0 spiro atoms. The van der Waals surface area contributed by atoms with Gasteiger partial charge in [-0.2, -0.15) is 0 Å². The lowest BCUT2D eigenvalue weighted by molar-refractivity contribution is -0.384. The number of benzene rings is 2. The van der Waals surface area contributed by atoms with Crippen LogP contribution < -0.4 is 4.74 Å². The molecule has 0 saturated heterocycles. The number of rotatable bonds is 14. The molecule has 2 rings (SSSR count). The van der Waals surface area contributed by atoms with E-state index in [1.807, 2.05) is 0 Å². The highest BCUT2D eigenvalue weighted by molar-refractivity contribution is 6.03. The lowest BCUT2D eigenvalue weighted by Crippen LogP contribution is -2.14. The zero-order valence-electron chi connectivity index (χ0n) is 18.9.